The maximum absolute atomic E-state index is 12.4. The van der Waals surface area contributed by atoms with Crippen LogP contribution in [0.4, 0.5) is 5.82 Å². The normalized spacial score (nSPS) is 30.8. The van der Waals surface area contributed by atoms with Crippen molar-refractivity contribution in [3.63, 3.8) is 0 Å². The summed E-state index contributed by atoms with van der Waals surface area (Å²) in [4.78, 5) is 16.5. The number of carbonyl (C=O) groups is 1. The summed E-state index contributed by atoms with van der Waals surface area (Å²) in [5.41, 5.74) is 7.39. The number of aryl methyl sites for hydroxylation is 1. The minimum atomic E-state index is 0.0969. The monoisotopic (exact) mass is 231 g/mol. The molecular formula is C13H17N3O. The zero-order valence-electron chi connectivity index (χ0n) is 9.94. The molecule has 0 aromatic carbocycles. The van der Waals surface area contributed by atoms with Crippen molar-refractivity contribution in [3.8, 4) is 0 Å². The molecular weight excluding hydrogens is 214 g/mol. The van der Waals surface area contributed by atoms with Crippen LogP contribution >= 0.6 is 0 Å². The first-order chi connectivity index (χ1) is 8.15. The van der Waals surface area contributed by atoms with Gasteiger partial charge in [0.25, 0.3) is 0 Å². The third-order valence-corrected chi connectivity index (χ3v) is 3.96. The van der Waals surface area contributed by atoms with Crippen LogP contribution in [0, 0.1) is 12.8 Å². The second-order valence-electron chi connectivity index (χ2n) is 5.20. The second kappa shape index (κ2) is 3.81. The number of rotatable bonds is 2. The van der Waals surface area contributed by atoms with Crippen molar-refractivity contribution in [2.24, 2.45) is 5.92 Å². The summed E-state index contributed by atoms with van der Waals surface area (Å²) in [6.45, 7) is 1.93. The quantitative estimate of drug-likeness (QED) is 0.753. The smallest absolute Gasteiger partial charge is 0.171 e. The van der Waals surface area contributed by atoms with Gasteiger partial charge in [-0.05, 0) is 37.8 Å². The van der Waals surface area contributed by atoms with Crippen molar-refractivity contribution in [2.45, 2.75) is 38.3 Å². The van der Waals surface area contributed by atoms with Crippen molar-refractivity contribution < 1.29 is 4.79 Å². The number of pyridine rings is 1. The average molecular weight is 231 g/mol. The van der Waals surface area contributed by atoms with E-state index in [1.807, 2.05) is 13.0 Å². The van der Waals surface area contributed by atoms with Crippen molar-refractivity contribution in [1.29, 1.82) is 0 Å². The summed E-state index contributed by atoms with van der Waals surface area (Å²) in [7, 11) is 0. The summed E-state index contributed by atoms with van der Waals surface area (Å²) in [6, 6.07) is 2.75. The van der Waals surface area contributed by atoms with Crippen molar-refractivity contribution >= 4 is 11.6 Å². The lowest BCUT2D eigenvalue weighted by Gasteiger charge is -2.19. The van der Waals surface area contributed by atoms with E-state index in [0.29, 0.717) is 23.5 Å². The number of carbonyl (C=O) groups excluding carboxylic acids is 1. The van der Waals surface area contributed by atoms with E-state index >= 15 is 0 Å². The van der Waals surface area contributed by atoms with Gasteiger partial charge >= 0.3 is 0 Å². The van der Waals surface area contributed by atoms with Crippen LogP contribution in [0.3, 0.4) is 0 Å². The lowest BCUT2D eigenvalue weighted by atomic mass is 9.83. The summed E-state index contributed by atoms with van der Waals surface area (Å²) in [6.07, 6.45) is 4.97. The van der Waals surface area contributed by atoms with E-state index in [1.165, 1.54) is 6.42 Å². The Bertz CT molecular complexity index is 472. The molecule has 3 unspecified atom stereocenters. The van der Waals surface area contributed by atoms with E-state index < -0.39 is 0 Å². The maximum atomic E-state index is 12.4. The van der Waals surface area contributed by atoms with Crippen LogP contribution in [0.5, 0.6) is 0 Å². The lowest BCUT2D eigenvalue weighted by Crippen LogP contribution is -2.29. The molecule has 1 aromatic heterocycles. The molecule has 0 aliphatic carbocycles. The number of Topliss-reactive ketones (excluding diaryl/α,β-unsaturated/α-hetero) is 1. The van der Waals surface area contributed by atoms with Crippen molar-refractivity contribution in [1.82, 2.24) is 10.3 Å². The Morgan fingerprint density at radius 2 is 2.35 bits per heavy atom. The zero-order valence-corrected chi connectivity index (χ0v) is 9.94. The molecule has 90 valence electrons. The predicted octanol–water partition coefficient (Wildman–Crippen LogP) is 1.30. The van der Waals surface area contributed by atoms with Gasteiger partial charge in [0.05, 0.1) is 5.56 Å². The SMILES string of the molecule is Cc1cnc(N)c(C(=O)C2CC3CCC2N3)c1. The maximum Gasteiger partial charge on any atom is 0.171 e. The van der Waals surface area contributed by atoms with Crippen LogP contribution in [0.1, 0.15) is 35.2 Å². The Balaban J connectivity index is 1.89. The number of anilines is 1. The Hall–Kier alpha value is -1.42. The van der Waals surface area contributed by atoms with E-state index in [0.717, 1.165) is 18.4 Å². The second-order valence-corrected chi connectivity index (χ2v) is 5.20. The predicted molar refractivity (Wildman–Crippen MR) is 65.8 cm³/mol. The van der Waals surface area contributed by atoms with Crippen molar-refractivity contribution in [2.75, 3.05) is 5.73 Å². The molecule has 2 aliphatic heterocycles. The van der Waals surface area contributed by atoms with E-state index in [9.17, 15) is 4.79 Å². The third kappa shape index (κ3) is 1.72. The van der Waals surface area contributed by atoms with E-state index in [-0.39, 0.29) is 11.7 Å². The number of nitrogen functional groups attached to an aromatic ring is 1. The molecule has 3 atom stereocenters. The molecule has 0 spiro atoms. The number of hydrogen-bond acceptors (Lipinski definition) is 4. The van der Waals surface area contributed by atoms with Crippen molar-refractivity contribution in [3.05, 3.63) is 23.4 Å². The number of fused-ring (bicyclic) bond motifs is 2. The Morgan fingerprint density at radius 3 is 3.00 bits per heavy atom. The Kier molecular flexibility index (Phi) is 2.40. The van der Waals surface area contributed by atoms with Gasteiger partial charge < -0.3 is 11.1 Å². The molecule has 3 rings (SSSR count). The molecule has 0 saturated carbocycles. The standard InChI is InChI=1S/C13H17N3O/c1-7-4-10(13(14)15-6-7)12(17)9-5-8-2-3-11(9)16-8/h4,6,8-9,11,16H,2-3,5H2,1H3,(H2,14,15). The number of nitrogens with two attached hydrogens (primary N) is 1. The summed E-state index contributed by atoms with van der Waals surface area (Å²) >= 11 is 0. The first-order valence-corrected chi connectivity index (χ1v) is 6.17. The van der Waals surface area contributed by atoms with E-state index in [2.05, 4.69) is 10.3 Å². The highest BCUT2D eigenvalue weighted by Crippen LogP contribution is 2.35. The van der Waals surface area contributed by atoms with Crippen LogP contribution in [-0.4, -0.2) is 22.9 Å². The largest absolute Gasteiger partial charge is 0.383 e. The molecule has 2 aliphatic rings. The highest BCUT2D eigenvalue weighted by Gasteiger charge is 2.43. The lowest BCUT2D eigenvalue weighted by molar-refractivity contribution is 0.0901. The minimum absolute atomic E-state index is 0.0969. The molecule has 3 N–H and O–H groups in total. The van der Waals surface area contributed by atoms with Gasteiger partial charge in [-0.3, -0.25) is 4.79 Å². The third-order valence-electron chi connectivity index (χ3n) is 3.96. The molecule has 2 saturated heterocycles. The highest BCUT2D eigenvalue weighted by molar-refractivity contribution is 6.02. The fourth-order valence-corrected chi connectivity index (χ4v) is 3.09. The number of hydrogen-bond donors (Lipinski definition) is 2. The van der Waals surface area contributed by atoms with Gasteiger partial charge in [0.15, 0.2) is 5.78 Å². The molecule has 17 heavy (non-hydrogen) atoms. The molecule has 2 bridgehead atoms. The molecule has 0 radical (unpaired) electrons. The van der Waals surface area contributed by atoms with Gasteiger partial charge in [0.1, 0.15) is 5.82 Å². The van der Waals surface area contributed by atoms with Crippen LogP contribution in [0.25, 0.3) is 0 Å². The fraction of sp³-hybridized carbons (Fsp3) is 0.538. The Labute approximate surface area is 101 Å². The van der Waals surface area contributed by atoms with Gasteiger partial charge in [-0.15, -0.1) is 0 Å². The number of nitrogens with zero attached hydrogens (tertiary/aromatic N) is 1. The van der Waals surface area contributed by atoms with Gasteiger partial charge in [0, 0.05) is 24.2 Å². The van der Waals surface area contributed by atoms with Crippen LogP contribution in [0.15, 0.2) is 12.3 Å². The number of ketones is 1. The van der Waals surface area contributed by atoms with Crippen LogP contribution in [-0.2, 0) is 0 Å². The number of nitrogens with one attached hydrogen (secondary N) is 1. The zero-order chi connectivity index (χ0) is 12.0. The van der Waals surface area contributed by atoms with Crippen LogP contribution in [0.2, 0.25) is 0 Å². The summed E-state index contributed by atoms with van der Waals surface area (Å²) in [5, 5.41) is 3.48. The van der Waals surface area contributed by atoms with Gasteiger partial charge in [-0.1, -0.05) is 0 Å². The molecule has 0 amide bonds. The first-order valence-electron chi connectivity index (χ1n) is 6.17. The summed E-state index contributed by atoms with van der Waals surface area (Å²) < 4.78 is 0. The molecule has 4 nitrogen and oxygen atoms in total. The van der Waals surface area contributed by atoms with Crippen LogP contribution < -0.4 is 11.1 Å². The van der Waals surface area contributed by atoms with E-state index in [1.54, 1.807) is 6.20 Å². The molecule has 3 heterocycles. The van der Waals surface area contributed by atoms with Gasteiger partial charge in [0.2, 0.25) is 0 Å². The fourth-order valence-electron chi connectivity index (χ4n) is 3.09. The van der Waals surface area contributed by atoms with Gasteiger partial charge in [-0.2, -0.15) is 0 Å². The first kappa shape index (κ1) is 10.7. The number of aromatic nitrogens is 1. The average Bonchev–Trinajstić information content (AvgIpc) is 2.93. The van der Waals surface area contributed by atoms with Gasteiger partial charge in [-0.25, -0.2) is 4.98 Å². The Morgan fingerprint density at radius 1 is 1.53 bits per heavy atom. The molecule has 4 heteroatoms. The summed E-state index contributed by atoms with van der Waals surface area (Å²) in [5.74, 6) is 0.626. The topological polar surface area (TPSA) is 68.0 Å². The van der Waals surface area contributed by atoms with E-state index in [4.69, 9.17) is 5.73 Å². The minimum Gasteiger partial charge on any atom is -0.383 e. The molecule has 1 aromatic rings. The molecule has 2 fully saturated rings. The highest BCUT2D eigenvalue weighted by atomic mass is 16.1.